The van der Waals surface area contributed by atoms with Crippen molar-refractivity contribution in [2.45, 2.75) is 51.6 Å². The van der Waals surface area contributed by atoms with Crippen molar-refractivity contribution in [1.29, 1.82) is 0 Å². The Hall–Kier alpha value is -2.60. The normalized spacial score (nSPS) is 27.6. The summed E-state index contributed by atoms with van der Waals surface area (Å²) in [6.45, 7) is 7.32. The van der Waals surface area contributed by atoms with Crippen molar-refractivity contribution in [3.63, 3.8) is 0 Å². The lowest BCUT2D eigenvalue weighted by atomic mass is 9.61. The van der Waals surface area contributed by atoms with Gasteiger partial charge in [0.05, 0.1) is 18.6 Å². The summed E-state index contributed by atoms with van der Waals surface area (Å²) in [5.41, 5.74) is -0.494. The maximum absolute atomic E-state index is 13.4. The first-order chi connectivity index (χ1) is 16.0. The van der Waals surface area contributed by atoms with E-state index in [-0.39, 0.29) is 24.8 Å². The third-order valence-electron chi connectivity index (χ3n) is 7.07. The molecule has 0 aromatic carbocycles. The lowest BCUT2D eigenvalue weighted by Gasteiger charge is -2.53. The van der Waals surface area contributed by atoms with Gasteiger partial charge in [-0.15, -0.1) is 5.10 Å². The minimum Gasteiger partial charge on any atom is -0.483 e. The Labute approximate surface area is 193 Å². The summed E-state index contributed by atoms with van der Waals surface area (Å²) >= 11 is 0. The number of tetrazole rings is 1. The number of carboxylic acid groups (broad SMARTS) is 1. The molecular formula is C21H35N7O5. The maximum atomic E-state index is 13.4. The SMILES string of the molecule is CCCNC(=O)[C@@]12CC[C@H](N3CCOCC3)C[C@H]1CCN(C(=O)Cn1cnnn1)C2.O=CO. The van der Waals surface area contributed by atoms with Crippen molar-refractivity contribution in [2.75, 3.05) is 45.9 Å². The fourth-order valence-electron chi connectivity index (χ4n) is 5.40. The Morgan fingerprint density at radius 2 is 2.03 bits per heavy atom. The molecule has 33 heavy (non-hydrogen) atoms. The van der Waals surface area contributed by atoms with Crippen molar-refractivity contribution in [2.24, 2.45) is 11.3 Å². The molecule has 0 unspecified atom stereocenters. The van der Waals surface area contributed by atoms with Crippen LogP contribution in [0, 0.1) is 11.3 Å². The van der Waals surface area contributed by atoms with Gasteiger partial charge in [-0.2, -0.15) is 0 Å². The molecule has 3 atom stereocenters. The van der Waals surface area contributed by atoms with Crippen LogP contribution in [0.5, 0.6) is 0 Å². The Kier molecular flexibility index (Phi) is 9.12. The van der Waals surface area contributed by atoms with Gasteiger partial charge in [0.15, 0.2) is 0 Å². The molecule has 3 heterocycles. The fourth-order valence-corrected chi connectivity index (χ4v) is 5.40. The van der Waals surface area contributed by atoms with Gasteiger partial charge >= 0.3 is 0 Å². The average Bonchev–Trinajstić information content (AvgIpc) is 3.35. The first kappa shape index (κ1) is 25.0. The van der Waals surface area contributed by atoms with Crippen molar-refractivity contribution >= 4 is 18.3 Å². The predicted molar refractivity (Wildman–Crippen MR) is 117 cm³/mol. The zero-order chi connectivity index (χ0) is 23.7. The van der Waals surface area contributed by atoms with Gasteiger partial charge in [-0.1, -0.05) is 6.92 Å². The van der Waals surface area contributed by atoms with Crippen molar-refractivity contribution in [1.82, 2.24) is 35.3 Å². The van der Waals surface area contributed by atoms with E-state index in [0.717, 1.165) is 58.4 Å². The zero-order valence-electron chi connectivity index (χ0n) is 19.3. The lowest BCUT2D eigenvalue weighted by molar-refractivity contribution is -0.151. The molecule has 1 aromatic rings. The second-order valence-corrected chi connectivity index (χ2v) is 8.90. The molecule has 2 amide bonds. The number of aromatic nitrogens is 4. The number of carbonyl (C=O) groups excluding carboxylic acids is 2. The summed E-state index contributed by atoms with van der Waals surface area (Å²) in [7, 11) is 0. The molecule has 3 aliphatic rings. The molecule has 12 heteroatoms. The molecule has 1 saturated carbocycles. The van der Waals surface area contributed by atoms with Crippen molar-refractivity contribution < 1.29 is 24.2 Å². The number of fused-ring (bicyclic) bond motifs is 1. The standard InChI is InChI=1S/C20H33N7O3.CH2O2/c1-2-6-21-19(29)20-5-3-17(25-8-10-30-11-9-25)12-16(20)4-7-26(14-20)18(28)13-27-15-22-23-24-27;2-1-3/h15-17H,2-14H2,1H3,(H,21,29);1H,(H,2,3)/t16-,17+,20-;/m1./s1. The summed E-state index contributed by atoms with van der Waals surface area (Å²) in [5.74, 6) is 0.390. The van der Waals surface area contributed by atoms with E-state index in [9.17, 15) is 9.59 Å². The molecular weight excluding hydrogens is 430 g/mol. The quantitative estimate of drug-likeness (QED) is 0.537. The van der Waals surface area contributed by atoms with Gasteiger partial charge in [-0.05, 0) is 48.4 Å². The number of ether oxygens (including phenoxy) is 1. The zero-order valence-corrected chi connectivity index (χ0v) is 19.3. The van der Waals surface area contributed by atoms with E-state index in [1.54, 1.807) is 0 Å². The number of hydrogen-bond donors (Lipinski definition) is 2. The van der Waals surface area contributed by atoms with E-state index in [0.29, 0.717) is 31.6 Å². The molecule has 2 saturated heterocycles. The molecule has 3 fully saturated rings. The molecule has 4 rings (SSSR count). The van der Waals surface area contributed by atoms with Crippen LogP contribution < -0.4 is 5.32 Å². The molecule has 184 valence electrons. The molecule has 1 aromatic heterocycles. The van der Waals surface area contributed by atoms with Crippen LogP contribution in [0.4, 0.5) is 0 Å². The minimum atomic E-state index is -0.494. The highest BCUT2D eigenvalue weighted by Gasteiger charge is 2.53. The smallest absolute Gasteiger partial charge is 0.290 e. The summed E-state index contributed by atoms with van der Waals surface area (Å²) in [5, 5.41) is 21.0. The largest absolute Gasteiger partial charge is 0.483 e. The maximum Gasteiger partial charge on any atom is 0.290 e. The van der Waals surface area contributed by atoms with Gasteiger partial charge in [-0.3, -0.25) is 19.3 Å². The highest BCUT2D eigenvalue weighted by atomic mass is 16.5. The van der Waals surface area contributed by atoms with E-state index < -0.39 is 5.41 Å². The highest BCUT2D eigenvalue weighted by Crippen LogP contribution is 2.48. The molecule has 1 aliphatic carbocycles. The van der Waals surface area contributed by atoms with Crippen LogP contribution in [0.2, 0.25) is 0 Å². The first-order valence-corrected chi connectivity index (χ1v) is 11.7. The van der Waals surface area contributed by atoms with Crippen LogP contribution in [-0.2, 0) is 25.7 Å². The van der Waals surface area contributed by atoms with E-state index in [2.05, 4.69) is 32.7 Å². The van der Waals surface area contributed by atoms with E-state index in [1.807, 2.05) is 4.90 Å². The summed E-state index contributed by atoms with van der Waals surface area (Å²) in [6.07, 6.45) is 6.05. The van der Waals surface area contributed by atoms with Gasteiger partial charge in [0.1, 0.15) is 12.9 Å². The number of rotatable bonds is 6. The average molecular weight is 466 g/mol. The molecule has 0 bridgehead atoms. The summed E-state index contributed by atoms with van der Waals surface area (Å²) < 4.78 is 6.96. The van der Waals surface area contributed by atoms with Gasteiger partial charge in [-0.25, -0.2) is 4.68 Å². The fraction of sp³-hybridized carbons (Fsp3) is 0.810. The number of carbonyl (C=O) groups is 3. The molecule has 0 radical (unpaired) electrons. The monoisotopic (exact) mass is 465 g/mol. The van der Waals surface area contributed by atoms with Crippen LogP contribution in [0.3, 0.4) is 0 Å². The van der Waals surface area contributed by atoms with Gasteiger partial charge in [0.25, 0.3) is 6.47 Å². The van der Waals surface area contributed by atoms with Crippen LogP contribution >= 0.6 is 0 Å². The highest BCUT2D eigenvalue weighted by molar-refractivity contribution is 5.85. The third-order valence-corrected chi connectivity index (χ3v) is 7.07. The van der Waals surface area contributed by atoms with Gasteiger partial charge in [0, 0.05) is 38.8 Å². The number of morpholine rings is 1. The number of hydrogen-bond acceptors (Lipinski definition) is 8. The van der Waals surface area contributed by atoms with Crippen molar-refractivity contribution in [3.8, 4) is 0 Å². The topological polar surface area (TPSA) is 143 Å². The van der Waals surface area contributed by atoms with E-state index >= 15 is 0 Å². The number of likely N-dealkylation sites (tertiary alicyclic amines) is 1. The number of nitrogens with zero attached hydrogens (tertiary/aromatic N) is 6. The lowest BCUT2D eigenvalue weighted by Crippen LogP contribution is -2.61. The summed E-state index contributed by atoms with van der Waals surface area (Å²) in [6, 6.07) is 0.509. The Balaban J connectivity index is 0.000000968. The number of amides is 2. The van der Waals surface area contributed by atoms with Crippen molar-refractivity contribution in [3.05, 3.63) is 6.33 Å². The third kappa shape index (κ3) is 6.05. The molecule has 2 N–H and O–H groups in total. The Bertz CT molecular complexity index is 771. The van der Waals surface area contributed by atoms with Crippen LogP contribution in [0.25, 0.3) is 0 Å². The molecule has 12 nitrogen and oxygen atoms in total. The second kappa shape index (κ2) is 12.0. The second-order valence-electron chi connectivity index (χ2n) is 8.90. The minimum absolute atomic E-state index is 0.0290. The summed E-state index contributed by atoms with van der Waals surface area (Å²) in [4.78, 5) is 39.0. The predicted octanol–water partition coefficient (Wildman–Crippen LogP) is -0.380. The Morgan fingerprint density at radius 3 is 2.70 bits per heavy atom. The van der Waals surface area contributed by atoms with E-state index in [1.165, 1.54) is 11.0 Å². The van der Waals surface area contributed by atoms with Crippen LogP contribution in [-0.4, -0.2) is 105 Å². The number of piperidine rings is 1. The Morgan fingerprint density at radius 1 is 1.27 bits per heavy atom. The van der Waals surface area contributed by atoms with Gasteiger partial charge in [0.2, 0.25) is 11.8 Å². The number of nitrogens with one attached hydrogen (secondary N) is 1. The van der Waals surface area contributed by atoms with Crippen LogP contribution in [0.1, 0.15) is 39.0 Å². The molecule has 2 aliphatic heterocycles. The van der Waals surface area contributed by atoms with Gasteiger partial charge < -0.3 is 20.1 Å². The van der Waals surface area contributed by atoms with E-state index in [4.69, 9.17) is 14.6 Å². The van der Waals surface area contributed by atoms with Crippen LogP contribution in [0.15, 0.2) is 6.33 Å². The first-order valence-electron chi connectivity index (χ1n) is 11.7. The molecule has 0 spiro atoms.